The molecule has 0 aliphatic carbocycles. The molecule has 1 saturated heterocycles. The summed E-state index contributed by atoms with van der Waals surface area (Å²) in [5.74, 6) is 0. The van der Waals surface area contributed by atoms with Gasteiger partial charge in [0.25, 0.3) is 0 Å². The fourth-order valence-corrected chi connectivity index (χ4v) is 7.17. The number of piperazine rings is 1. The molecular formula is C31H30ClN7S2. The van der Waals surface area contributed by atoms with Crippen LogP contribution in [-0.4, -0.2) is 57.1 Å². The second-order valence-corrected chi connectivity index (χ2v) is 12.6. The number of pyridine rings is 1. The molecule has 1 aliphatic heterocycles. The lowest BCUT2D eigenvalue weighted by molar-refractivity contribution is 0.133. The molecule has 0 spiro atoms. The average molecular weight is 600 g/mol. The Bertz CT molecular complexity index is 1730. The minimum absolute atomic E-state index is 0.481. The zero-order valence-corrected chi connectivity index (χ0v) is 25.4. The normalized spacial score (nSPS) is 14.4. The van der Waals surface area contributed by atoms with Crippen LogP contribution in [-0.2, 0) is 13.6 Å². The van der Waals surface area contributed by atoms with Gasteiger partial charge in [-0.2, -0.15) is 5.26 Å². The van der Waals surface area contributed by atoms with Crippen molar-refractivity contribution in [2.75, 3.05) is 38.0 Å². The standard InChI is InChI=1S/C31H30ClN7S2/c1-3-38-12-14-39(15-13-38)20-24-6-9-28(40-24)21-4-7-25-27(16-21)35-19-22(18-33)30(25)36-23-5-8-29(26(32)17-23)41-31-34-10-11-37(31)2/h4-11,16-17,19H,3,12-15,20H2,1-2H3,(H,35,36). The van der Waals surface area contributed by atoms with E-state index in [4.69, 9.17) is 11.6 Å². The molecule has 5 aromatic rings. The number of anilines is 2. The summed E-state index contributed by atoms with van der Waals surface area (Å²) in [5.41, 5.74) is 3.97. The molecule has 3 aromatic heterocycles. The number of aromatic nitrogens is 3. The number of nitrogens with zero attached hydrogens (tertiary/aromatic N) is 6. The van der Waals surface area contributed by atoms with Gasteiger partial charge in [-0.05, 0) is 48.5 Å². The Labute approximate surface area is 253 Å². The van der Waals surface area contributed by atoms with Gasteiger partial charge in [0.2, 0.25) is 0 Å². The number of aryl methyl sites for hydroxylation is 1. The van der Waals surface area contributed by atoms with E-state index >= 15 is 0 Å². The number of halogens is 1. The summed E-state index contributed by atoms with van der Waals surface area (Å²) in [5, 5.41) is 15.7. The maximum atomic E-state index is 9.85. The fourth-order valence-electron chi connectivity index (χ4n) is 5.02. The third-order valence-corrected chi connectivity index (χ3v) is 10.1. The van der Waals surface area contributed by atoms with Crippen LogP contribution in [0.3, 0.4) is 0 Å². The molecule has 7 nitrogen and oxygen atoms in total. The highest BCUT2D eigenvalue weighted by atomic mass is 35.5. The first-order valence-electron chi connectivity index (χ1n) is 13.6. The minimum Gasteiger partial charge on any atom is -0.354 e. The molecule has 208 valence electrons. The smallest absolute Gasteiger partial charge is 0.172 e. The highest BCUT2D eigenvalue weighted by Gasteiger charge is 2.17. The Hall–Kier alpha value is -3.39. The lowest BCUT2D eigenvalue weighted by Gasteiger charge is -2.33. The van der Waals surface area contributed by atoms with E-state index in [0.717, 1.165) is 77.2 Å². The van der Waals surface area contributed by atoms with Gasteiger partial charge in [0.05, 0.1) is 21.8 Å². The topological polar surface area (TPSA) is 73.0 Å². The molecule has 41 heavy (non-hydrogen) atoms. The van der Waals surface area contributed by atoms with Crippen LogP contribution in [0.2, 0.25) is 5.02 Å². The van der Waals surface area contributed by atoms with Gasteiger partial charge in [-0.3, -0.25) is 9.88 Å². The van der Waals surface area contributed by atoms with Gasteiger partial charge in [0.15, 0.2) is 5.16 Å². The van der Waals surface area contributed by atoms with Crippen molar-refractivity contribution in [1.29, 1.82) is 5.26 Å². The van der Waals surface area contributed by atoms with Gasteiger partial charge >= 0.3 is 0 Å². The van der Waals surface area contributed by atoms with Crippen molar-refractivity contribution in [2.24, 2.45) is 7.05 Å². The maximum Gasteiger partial charge on any atom is 0.172 e. The second kappa shape index (κ2) is 12.2. The van der Waals surface area contributed by atoms with Crippen molar-refractivity contribution in [2.45, 2.75) is 23.5 Å². The summed E-state index contributed by atoms with van der Waals surface area (Å²) in [4.78, 5) is 17.6. The van der Waals surface area contributed by atoms with Crippen molar-refractivity contribution in [3.8, 4) is 16.5 Å². The summed E-state index contributed by atoms with van der Waals surface area (Å²) in [6.07, 6.45) is 5.31. The van der Waals surface area contributed by atoms with Gasteiger partial charge in [-0.1, -0.05) is 42.4 Å². The molecule has 10 heteroatoms. The highest BCUT2D eigenvalue weighted by Crippen LogP contribution is 2.37. The van der Waals surface area contributed by atoms with Crippen molar-refractivity contribution < 1.29 is 0 Å². The number of hydrogen-bond acceptors (Lipinski definition) is 8. The van der Waals surface area contributed by atoms with E-state index in [0.29, 0.717) is 10.6 Å². The number of likely N-dealkylation sites (N-methyl/N-ethyl adjacent to an activating group) is 1. The van der Waals surface area contributed by atoms with E-state index in [9.17, 15) is 5.26 Å². The van der Waals surface area contributed by atoms with Crippen LogP contribution in [0.15, 0.2) is 77.2 Å². The van der Waals surface area contributed by atoms with Gasteiger partial charge in [0.1, 0.15) is 6.07 Å². The zero-order valence-electron chi connectivity index (χ0n) is 23.0. The summed E-state index contributed by atoms with van der Waals surface area (Å²) in [7, 11) is 1.95. The first-order chi connectivity index (χ1) is 20.0. The van der Waals surface area contributed by atoms with E-state index in [1.54, 1.807) is 12.4 Å². The lowest BCUT2D eigenvalue weighted by Crippen LogP contribution is -2.45. The van der Waals surface area contributed by atoms with Crippen molar-refractivity contribution in [1.82, 2.24) is 24.3 Å². The van der Waals surface area contributed by atoms with E-state index in [2.05, 4.69) is 68.4 Å². The molecule has 1 N–H and O–H groups in total. The molecule has 0 atom stereocenters. The third kappa shape index (κ3) is 6.13. The zero-order chi connectivity index (χ0) is 28.3. The predicted octanol–water partition coefficient (Wildman–Crippen LogP) is 7.25. The van der Waals surface area contributed by atoms with Crippen LogP contribution in [0, 0.1) is 11.3 Å². The number of thiophene rings is 1. The van der Waals surface area contributed by atoms with E-state index in [1.807, 2.05) is 47.3 Å². The Morgan fingerprint density at radius 3 is 2.61 bits per heavy atom. The summed E-state index contributed by atoms with van der Waals surface area (Å²) in [6.45, 7) is 8.89. The van der Waals surface area contributed by atoms with Crippen LogP contribution in [0.1, 0.15) is 17.4 Å². The molecule has 4 heterocycles. The molecule has 2 aromatic carbocycles. The number of nitrogens with one attached hydrogen (secondary N) is 1. The van der Waals surface area contributed by atoms with E-state index in [-0.39, 0.29) is 0 Å². The van der Waals surface area contributed by atoms with Crippen molar-refractivity contribution in [3.63, 3.8) is 0 Å². The Kier molecular flexibility index (Phi) is 8.28. The number of rotatable bonds is 8. The number of fused-ring (bicyclic) bond motifs is 1. The quantitative estimate of drug-likeness (QED) is 0.201. The van der Waals surface area contributed by atoms with Gasteiger partial charge in [0, 0.05) is 84.1 Å². The Morgan fingerprint density at radius 2 is 1.88 bits per heavy atom. The van der Waals surface area contributed by atoms with Gasteiger partial charge in [-0.15, -0.1) is 11.3 Å². The molecule has 0 radical (unpaired) electrons. The molecular weight excluding hydrogens is 570 g/mol. The SMILES string of the molecule is CCN1CCN(Cc2ccc(-c3ccc4c(Nc5ccc(Sc6nccn6C)c(Cl)c5)c(C#N)cnc4c3)s2)CC1. The van der Waals surface area contributed by atoms with Crippen LogP contribution < -0.4 is 5.32 Å². The summed E-state index contributed by atoms with van der Waals surface area (Å²) >= 11 is 9.99. The largest absolute Gasteiger partial charge is 0.354 e. The minimum atomic E-state index is 0.481. The molecule has 6 rings (SSSR count). The van der Waals surface area contributed by atoms with E-state index in [1.165, 1.54) is 21.5 Å². The average Bonchev–Trinajstić information content (AvgIpc) is 3.63. The second-order valence-electron chi connectivity index (χ2n) is 10.1. The van der Waals surface area contributed by atoms with Crippen LogP contribution in [0.5, 0.6) is 0 Å². The van der Waals surface area contributed by atoms with Crippen LogP contribution in [0.25, 0.3) is 21.3 Å². The molecule has 0 amide bonds. The molecule has 1 fully saturated rings. The Morgan fingerprint density at radius 1 is 1.05 bits per heavy atom. The molecule has 0 saturated carbocycles. The highest BCUT2D eigenvalue weighted by molar-refractivity contribution is 7.99. The predicted molar refractivity (Wildman–Crippen MR) is 169 cm³/mol. The van der Waals surface area contributed by atoms with E-state index < -0.39 is 0 Å². The summed E-state index contributed by atoms with van der Waals surface area (Å²) < 4.78 is 1.95. The third-order valence-electron chi connectivity index (χ3n) is 7.41. The van der Waals surface area contributed by atoms with Gasteiger partial charge < -0.3 is 14.8 Å². The molecule has 0 bridgehead atoms. The number of benzene rings is 2. The molecule has 1 aliphatic rings. The number of imidazole rings is 1. The number of nitriles is 1. The molecule has 0 unspecified atom stereocenters. The number of hydrogen-bond donors (Lipinski definition) is 1. The van der Waals surface area contributed by atoms with Crippen molar-refractivity contribution in [3.05, 3.63) is 82.6 Å². The lowest BCUT2D eigenvalue weighted by atomic mass is 10.1. The summed E-state index contributed by atoms with van der Waals surface area (Å²) in [6, 6.07) is 18.8. The fraction of sp³-hybridized carbons (Fsp3) is 0.258. The van der Waals surface area contributed by atoms with Gasteiger partial charge in [-0.25, -0.2) is 4.98 Å². The first kappa shape index (κ1) is 27.8. The monoisotopic (exact) mass is 599 g/mol. The Balaban J connectivity index is 1.22. The van der Waals surface area contributed by atoms with Crippen LogP contribution >= 0.6 is 34.7 Å². The van der Waals surface area contributed by atoms with Crippen molar-refractivity contribution >= 4 is 57.0 Å². The first-order valence-corrected chi connectivity index (χ1v) is 15.6. The maximum absolute atomic E-state index is 9.85. The van der Waals surface area contributed by atoms with Crippen LogP contribution in [0.4, 0.5) is 11.4 Å².